The summed E-state index contributed by atoms with van der Waals surface area (Å²) in [5.41, 5.74) is 5.02. The molecule has 9 heteroatoms. The molecule has 0 spiro atoms. The van der Waals surface area contributed by atoms with Crippen LogP contribution in [0.5, 0.6) is 0 Å². The van der Waals surface area contributed by atoms with Crippen molar-refractivity contribution in [2.45, 2.75) is 13.3 Å². The number of amides is 1. The highest BCUT2D eigenvalue weighted by molar-refractivity contribution is 9.10. The van der Waals surface area contributed by atoms with Crippen molar-refractivity contribution in [2.24, 2.45) is 0 Å². The molecular formula is C28H31BrN4O3S. The zero-order valence-corrected chi connectivity index (χ0v) is 23.6. The molecular weight excluding hydrogens is 552 g/mol. The van der Waals surface area contributed by atoms with Gasteiger partial charge in [-0.2, -0.15) is 0 Å². The summed E-state index contributed by atoms with van der Waals surface area (Å²) in [5, 5.41) is 6.39. The first-order valence-corrected chi connectivity index (χ1v) is 14.5. The van der Waals surface area contributed by atoms with Crippen molar-refractivity contribution in [3.05, 3.63) is 88.4 Å². The first kappa shape index (κ1) is 26.9. The zero-order chi connectivity index (χ0) is 26.6. The van der Waals surface area contributed by atoms with Gasteiger partial charge in [-0.25, -0.2) is 8.42 Å². The lowest BCUT2D eigenvalue weighted by Gasteiger charge is -2.26. The van der Waals surface area contributed by atoms with Crippen molar-refractivity contribution in [3.8, 4) is 0 Å². The first-order chi connectivity index (χ1) is 17.7. The average Bonchev–Trinajstić information content (AvgIpc) is 3.18. The molecule has 0 aromatic heterocycles. The zero-order valence-electron chi connectivity index (χ0n) is 21.2. The molecule has 0 radical (unpaired) electrons. The number of fused-ring (bicyclic) bond motifs is 1. The Morgan fingerprint density at radius 1 is 0.973 bits per heavy atom. The third-order valence-electron chi connectivity index (χ3n) is 6.01. The minimum atomic E-state index is -3.44. The van der Waals surface area contributed by atoms with Gasteiger partial charge in [-0.1, -0.05) is 59.3 Å². The van der Waals surface area contributed by atoms with E-state index in [0.29, 0.717) is 36.5 Å². The van der Waals surface area contributed by atoms with Crippen LogP contribution in [0.1, 0.15) is 24.5 Å². The molecule has 7 nitrogen and oxygen atoms in total. The van der Waals surface area contributed by atoms with E-state index >= 15 is 0 Å². The quantitative estimate of drug-likeness (QED) is 0.309. The average molecular weight is 584 g/mol. The largest absolute Gasteiger partial charge is 0.354 e. The number of carbonyl (C=O) groups excluding carboxylic acids is 1. The van der Waals surface area contributed by atoms with Gasteiger partial charge in [0.2, 0.25) is 10.0 Å². The fourth-order valence-corrected chi connectivity index (χ4v) is 6.12. The van der Waals surface area contributed by atoms with E-state index in [-0.39, 0.29) is 11.7 Å². The second kappa shape index (κ2) is 11.5. The lowest BCUT2D eigenvalue weighted by molar-refractivity contribution is -0.110. The van der Waals surface area contributed by atoms with Gasteiger partial charge in [0.25, 0.3) is 5.91 Å². The number of anilines is 3. The van der Waals surface area contributed by atoms with E-state index in [2.05, 4.69) is 26.6 Å². The lowest BCUT2D eigenvalue weighted by atomic mass is 10.00. The first-order valence-electron chi connectivity index (χ1n) is 12.1. The van der Waals surface area contributed by atoms with Crippen LogP contribution in [0.15, 0.2) is 77.3 Å². The Labute approximate surface area is 227 Å². The number of nitrogens with zero attached hydrogens (tertiary/aromatic N) is 2. The molecule has 0 fully saturated rings. The summed E-state index contributed by atoms with van der Waals surface area (Å²) in [4.78, 5) is 15.1. The number of nitrogens with one attached hydrogen (secondary N) is 2. The normalized spacial score (nSPS) is 14.4. The Hall–Kier alpha value is -3.14. The molecule has 0 aliphatic carbocycles. The summed E-state index contributed by atoms with van der Waals surface area (Å²) in [5.74, 6) is -0.0911. The molecule has 4 rings (SSSR count). The summed E-state index contributed by atoms with van der Waals surface area (Å²) in [6.45, 7) is 2.84. The maximum absolute atomic E-state index is 13.1. The van der Waals surface area contributed by atoms with E-state index in [1.54, 1.807) is 12.1 Å². The maximum atomic E-state index is 13.1. The van der Waals surface area contributed by atoms with E-state index in [1.165, 1.54) is 4.31 Å². The third kappa shape index (κ3) is 6.23. The van der Waals surface area contributed by atoms with Gasteiger partial charge < -0.3 is 15.5 Å². The highest BCUT2D eigenvalue weighted by atomic mass is 79.9. The van der Waals surface area contributed by atoms with Crippen molar-refractivity contribution in [1.82, 2.24) is 4.90 Å². The number of sulfonamides is 1. The summed E-state index contributed by atoms with van der Waals surface area (Å²) in [6.07, 6.45) is 0.550. The number of halogens is 1. The van der Waals surface area contributed by atoms with Crippen LogP contribution in [0.4, 0.5) is 17.1 Å². The standard InChI is InChI=1S/C28H31BrN4O3S/c1-4-18-37(35,36)33(17-16-32(2)3)23-13-11-22(12-14-23)30-27(20-8-6-5-7-9-20)26-24-15-10-21(29)19-25(24)31-28(26)34/h5-15,19,30H,4,16-18H2,1-3H3,(H,31,34)/b27-26-. The third-order valence-corrected chi connectivity index (χ3v) is 8.49. The van der Waals surface area contributed by atoms with Crippen molar-refractivity contribution in [2.75, 3.05) is 47.9 Å². The van der Waals surface area contributed by atoms with Crippen molar-refractivity contribution in [3.63, 3.8) is 0 Å². The molecule has 37 heavy (non-hydrogen) atoms. The van der Waals surface area contributed by atoms with Gasteiger partial charge in [0.05, 0.1) is 28.4 Å². The van der Waals surface area contributed by atoms with E-state index < -0.39 is 10.0 Å². The van der Waals surface area contributed by atoms with Gasteiger partial charge in [0.15, 0.2) is 0 Å². The van der Waals surface area contributed by atoms with Gasteiger partial charge in [0.1, 0.15) is 0 Å². The molecule has 0 unspecified atom stereocenters. The molecule has 1 amide bonds. The van der Waals surface area contributed by atoms with Crippen molar-refractivity contribution in [1.29, 1.82) is 0 Å². The Bertz CT molecular complexity index is 1410. The van der Waals surface area contributed by atoms with E-state index in [0.717, 1.165) is 27.0 Å². The van der Waals surface area contributed by atoms with Gasteiger partial charge in [0, 0.05) is 28.8 Å². The van der Waals surface area contributed by atoms with E-state index in [9.17, 15) is 13.2 Å². The van der Waals surface area contributed by atoms with Crippen LogP contribution in [0, 0.1) is 0 Å². The molecule has 2 N–H and O–H groups in total. The van der Waals surface area contributed by atoms with E-state index in [1.807, 2.05) is 86.6 Å². The summed E-state index contributed by atoms with van der Waals surface area (Å²) in [6, 6.07) is 22.7. The Kier molecular flexibility index (Phi) is 8.36. The number of benzene rings is 3. The molecule has 3 aromatic rings. The monoisotopic (exact) mass is 582 g/mol. The Balaban J connectivity index is 1.72. The minimum Gasteiger partial charge on any atom is -0.354 e. The summed E-state index contributed by atoms with van der Waals surface area (Å²) in [7, 11) is 0.409. The second-order valence-corrected chi connectivity index (χ2v) is 12.1. The SMILES string of the molecule is CCCS(=O)(=O)N(CCN(C)C)c1ccc(N/C(=C2\C(=O)Nc3cc(Br)ccc32)c2ccccc2)cc1. The molecule has 0 bridgehead atoms. The number of carbonyl (C=O) groups is 1. The van der Waals surface area contributed by atoms with Crippen LogP contribution in [0.25, 0.3) is 11.3 Å². The number of hydrogen-bond acceptors (Lipinski definition) is 5. The fourth-order valence-electron chi connectivity index (χ4n) is 4.22. The predicted molar refractivity (Wildman–Crippen MR) is 156 cm³/mol. The molecule has 0 saturated carbocycles. The molecule has 194 valence electrons. The van der Waals surface area contributed by atoms with E-state index in [4.69, 9.17) is 0 Å². The van der Waals surface area contributed by atoms with Crippen LogP contribution >= 0.6 is 15.9 Å². The van der Waals surface area contributed by atoms with Gasteiger partial charge in [-0.15, -0.1) is 0 Å². The Morgan fingerprint density at radius 2 is 1.68 bits per heavy atom. The van der Waals surface area contributed by atoms with Crippen molar-refractivity contribution < 1.29 is 13.2 Å². The smallest absolute Gasteiger partial charge is 0.258 e. The molecule has 0 atom stereocenters. The lowest BCUT2D eigenvalue weighted by Crippen LogP contribution is -2.38. The molecule has 1 heterocycles. The number of rotatable bonds is 10. The van der Waals surface area contributed by atoms with Crippen molar-refractivity contribution >= 4 is 60.2 Å². The molecule has 1 aliphatic heterocycles. The van der Waals surface area contributed by atoms with Crippen LogP contribution < -0.4 is 14.9 Å². The minimum absolute atomic E-state index is 0.0926. The maximum Gasteiger partial charge on any atom is 0.258 e. The van der Waals surface area contributed by atoms with Crippen LogP contribution in [-0.4, -0.2) is 52.2 Å². The predicted octanol–water partition coefficient (Wildman–Crippen LogP) is 5.49. The highest BCUT2D eigenvalue weighted by Crippen LogP contribution is 2.39. The molecule has 3 aromatic carbocycles. The number of likely N-dealkylation sites (N-methyl/N-ethyl adjacent to an activating group) is 1. The summed E-state index contributed by atoms with van der Waals surface area (Å²) >= 11 is 3.47. The molecule has 1 aliphatic rings. The van der Waals surface area contributed by atoms with Crippen LogP contribution in [0.2, 0.25) is 0 Å². The molecule has 0 saturated heterocycles. The van der Waals surface area contributed by atoms with Gasteiger partial charge >= 0.3 is 0 Å². The second-order valence-electron chi connectivity index (χ2n) is 9.12. The van der Waals surface area contributed by atoms with Crippen LogP contribution in [0.3, 0.4) is 0 Å². The van der Waals surface area contributed by atoms with Gasteiger partial charge in [-0.05, 0) is 62.5 Å². The fraction of sp³-hybridized carbons (Fsp3) is 0.250. The number of hydrogen-bond donors (Lipinski definition) is 2. The Morgan fingerprint density at radius 3 is 2.32 bits per heavy atom. The van der Waals surface area contributed by atoms with Crippen LogP contribution in [-0.2, 0) is 14.8 Å². The highest BCUT2D eigenvalue weighted by Gasteiger charge is 2.29. The van der Waals surface area contributed by atoms with Gasteiger partial charge in [-0.3, -0.25) is 9.10 Å². The topological polar surface area (TPSA) is 81.8 Å². The summed E-state index contributed by atoms with van der Waals surface area (Å²) < 4.78 is 28.3.